The summed E-state index contributed by atoms with van der Waals surface area (Å²) in [6, 6.07) is 22.7. The molecular formula is C23H19F2NO. The van der Waals surface area contributed by atoms with Gasteiger partial charge in [-0.3, -0.25) is 9.69 Å². The molecule has 2 nitrogen and oxygen atoms in total. The van der Waals surface area contributed by atoms with Gasteiger partial charge in [0.15, 0.2) is 0 Å². The summed E-state index contributed by atoms with van der Waals surface area (Å²) in [7, 11) is 0. The minimum atomic E-state index is -0.837. The van der Waals surface area contributed by atoms with Crippen molar-refractivity contribution >= 4 is 11.6 Å². The molecule has 0 aromatic heterocycles. The van der Waals surface area contributed by atoms with Crippen LogP contribution < -0.4 is 4.90 Å². The normalized spacial score (nSPS) is 16.4. The Morgan fingerprint density at radius 1 is 0.815 bits per heavy atom. The quantitative estimate of drug-likeness (QED) is 0.608. The molecule has 27 heavy (non-hydrogen) atoms. The highest BCUT2D eigenvalue weighted by Crippen LogP contribution is 2.46. The van der Waals surface area contributed by atoms with Crippen LogP contribution in [0.25, 0.3) is 0 Å². The first-order valence-electron chi connectivity index (χ1n) is 9.02. The van der Waals surface area contributed by atoms with E-state index in [9.17, 15) is 13.6 Å². The average molecular weight is 363 g/mol. The van der Waals surface area contributed by atoms with E-state index < -0.39 is 17.2 Å². The highest BCUT2D eigenvalue weighted by molar-refractivity contribution is 5.97. The number of rotatable bonds is 3. The highest BCUT2D eigenvalue weighted by atomic mass is 19.1. The van der Waals surface area contributed by atoms with E-state index in [0.717, 1.165) is 17.2 Å². The SMILES string of the molecule is O=C1CCCC(c2ccccc2)(c2ccccc2)N1c1ccc(F)cc1F. The van der Waals surface area contributed by atoms with Gasteiger partial charge in [-0.2, -0.15) is 0 Å². The Kier molecular flexibility index (Phi) is 4.48. The lowest BCUT2D eigenvalue weighted by Gasteiger charge is -2.48. The smallest absolute Gasteiger partial charge is 0.228 e. The van der Waals surface area contributed by atoms with Gasteiger partial charge in [0, 0.05) is 12.5 Å². The number of halogens is 2. The van der Waals surface area contributed by atoms with Gasteiger partial charge in [-0.25, -0.2) is 8.78 Å². The Bertz CT molecular complexity index is 917. The molecule has 0 saturated carbocycles. The zero-order chi connectivity index (χ0) is 18.9. The topological polar surface area (TPSA) is 20.3 Å². The molecule has 4 rings (SSSR count). The molecule has 1 fully saturated rings. The summed E-state index contributed by atoms with van der Waals surface area (Å²) in [6.07, 6.45) is 1.68. The standard InChI is InChI=1S/C23H19F2NO/c24-19-13-14-21(20(25)16-19)26-22(27)12-7-15-23(26,17-8-3-1-4-9-17)18-10-5-2-6-11-18/h1-6,8-11,13-14,16H,7,12,15H2. The number of amides is 1. The fraction of sp³-hybridized carbons (Fsp3) is 0.174. The van der Waals surface area contributed by atoms with Crippen LogP contribution in [0.1, 0.15) is 30.4 Å². The maximum Gasteiger partial charge on any atom is 0.228 e. The predicted molar refractivity (Wildman–Crippen MR) is 101 cm³/mol. The van der Waals surface area contributed by atoms with Gasteiger partial charge in [-0.1, -0.05) is 60.7 Å². The zero-order valence-corrected chi connectivity index (χ0v) is 14.7. The number of nitrogens with zero attached hydrogens (tertiary/aromatic N) is 1. The van der Waals surface area contributed by atoms with Gasteiger partial charge in [0.1, 0.15) is 11.6 Å². The molecule has 1 heterocycles. The lowest BCUT2D eigenvalue weighted by atomic mass is 9.74. The van der Waals surface area contributed by atoms with Crippen molar-refractivity contribution in [1.29, 1.82) is 0 Å². The van der Waals surface area contributed by atoms with Gasteiger partial charge < -0.3 is 0 Å². The van der Waals surface area contributed by atoms with E-state index in [0.29, 0.717) is 19.3 Å². The Balaban J connectivity index is 2.01. The molecule has 3 aromatic rings. The molecule has 0 spiro atoms. The van der Waals surface area contributed by atoms with Crippen LogP contribution in [-0.4, -0.2) is 5.91 Å². The number of carbonyl (C=O) groups excluding carboxylic acids is 1. The number of hydrogen-bond acceptors (Lipinski definition) is 1. The van der Waals surface area contributed by atoms with Crippen LogP contribution in [0.5, 0.6) is 0 Å². The molecule has 1 aliphatic rings. The van der Waals surface area contributed by atoms with Crippen molar-refractivity contribution in [1.82, 2.24) is 0 Å². The molecule has 1 amide bonds. The summed E-state index contributed by atoms with van der Waals surface area (Å²) in [6.45, 7) is 0. The maximum absolute atomic E-state index is 14.7. The van der Waals surface area contributed by atoms with Crippen LogP contribution >= 0.6 is 0 Å². The number of benzene rings is 3. The van der Waals surface area contributed by atoms with Crippen molar-refractivity contribution in [2.45, 2.75) is 24.8 Å². The van der Waals surface area contributed by atoms with E-state index in [1.165, 1.54) is 17.0 Å². The van der Waals surface area contributed by atoms with Crippen LogP contribution in [-0.2, 0) is 10.3 Å². The third-order valence-corrected chi connectivity index (χ3v) is 5.21. The van der Waals surface area contributed by atoms with Gasteiger partial charge in [-0.05, 0) is 36.1 Å². The lowest BCUT2D eigenvalue weighted by molar-refractivity contribution is -0.121. The van der Waals surface area contributed by atoms with E-state index in [4.69, 9.17) is 0 Å². The zero-order valence-electron chi connectivity index (χ0n) is 14.7. The van der Waals surface area contributed by atoms with Gasteiger partial charge in [-0.15, -0.1) is 0 Å². The molecule has 0 N–H and O–H groups in total. The van der Waals surface area contributed by atoms with Gasteiger partial charge in [0.25, 0.3) is 0 Å². The van der Waals surface area contributed by atoms with Crippen LogP contribution in [0, 0.1) is 11.6 Å². The van der Waals surface area contributed by atoms with E-state index in [2.05, 4.69) is 0 Å². The molecule has 0 radical (unpaired) electrons. The first kappa shape index (κ1) is 17.4. The minimum absolute atomic E-state index is 0.105. The highest BCUT2D eigenvalue weighted by Gasteiger charge is 2.46. The molecule has 4 heteroatoms. The van der Waals surface area contributed by atoms with Crippen LogP contribution in [0.2, 0.25) is 0 Å². The first-order valence-corrected chi connectivity index (χ1v) is 9.02. The Hall–Kier alpha value is -3.01. The fourth-order valence-corrected chi connectivity index (χ4v) is 4.08. The van der Waals surface area contributed by atoms with Crippen molar-refractivity contribution in [3.8, 4) is 0 Å². The number of piperidine rings is 1. The van der Waals surface area contributed by atoms with Crippen molar-refractivity contribution in [2.75, 3.05) is 4.90 Å². The van der Waals surface area contributed by atoms with E-state index in [1.807, 2.05) is 60.7 Å². The predicted octanol–water partition coefficient (Wildman–Crippen LogP) is 5.43. The second-order valence-corrected chi connectivity index (χ2v) is 6.77. The summed E-state index contributed by atoms with van der Waals surface area (Å²) in [4.78, 5) is 14.6. The Morgan fingerprint density at radius 3 is 1.96 bits per heavy atom. The molecule has 0 aliphatic carbocycles. The molecule has 1 saturated heterocycles. The fourth-order valence-electron chi connectivity index (χ4n) is 4.08. The summed E-state index contributed by atoms with van der Waals surface area (Å²) >= 11 is 0. The van der Waals surface area contributed by atoms with E-state index in [-0.39, 0.29) is 11.6 Å². The van der Waals surface area contributed by atoms with Crippen LogP contribution in [0.15, 0.2) is 78.9 Å². The van der Waals surface area contributed by atoms with Crippen molar-refractivity contribution in [3.63, 3.8) is 0 Å². The molecule has 0 unspecified atom stereocenters. The number of anilines is 1. The van der Waals surface area contributed by atoms with Gasteiger partial charge >= 0.3 is 0 Å². The van der Waals surface area contributed by atoms with Crippen molar-refractivity contribution in [3.05, 3.63) is 102 Å². The second-order valence-electron chi connectivity index (χ2n) is 6.77. The average Bonchev–Trinajstić information content (AvgIpc) is 2.70. The van der Waals surface area contributed by atoms with Gasteiger partial charge in [0.2, 0.25) is 5.91 Å². The summed E-state index contributed by atoms with van der Waals surface area (Å²) in [5.74, 6) is -1.56. The summed E-state index contributed by atoms with van der Waals surface area (Å²) in [5.41, 5.74) is 1.09. The monoisotopic (exact) mass is 363 g/mol. The Labute approximate surface area is 157 Å². The third-order valence-electron chi connectivity index (χ3n) is 5.21. The second kappa shape index (κ2) is 6.95. The maximum atomic E-state index is 14.7. The van der Waals surface area contributed by atoms with Crippen LogP contribution in [0.4, 0.5) is 14.5 Å². The van der Waals surface area contributed by atoms with E-state index in [1.54, 1.807) is 0 Å². The number of carbonyl (C=O) groups is 1. The molecular weight excluding hydrogens is 344 g/mol. The molecule has 136 valence electrons. The molecule has 1 aliphatic heterocycles. The third kappa shape index (κ3) is 2.91. The number of hydrogen-bond donors (Lipinski definition) is 0. The first-order chi connectivity index (χ1) is 13.1. The minimum Gasteiger partial charge on any atom is -0.295 e. The largest absolute Gasteiger partial charge is 0.295 e. The van der Waals surface area contributed by atoms with E-state index >= 15 is 0 Å². The summed E-state index contributed by atoms with van der Waals surface area (Å²) < 4.78 is 28.3. The van der Waals surface area contributed by atoms with Crippen molar-refractivity contribution < 1.29 is 13.6 Å². The van der Waals surface area contributed by atoms with Gasteiger partial charge in [0.05, 0.1) is 11.2 Å². The van der Waals surface area contributed by atoms with Crippen LogP contribution in [0.3, 0.4) is 0 Å². The molecule has 0 bridgehead atoms. The Morgan fingerprint density at radius 2 is 1.41 bits per heavy atom. The van der Waals surface area contributed by atoms with Crippen molar-refractivity contribution in [2.24, 2.45) is 0 Å². The molecule has 0 atom stereocenters. The molecule has 3 aromatic carbocycles. The lowest BCUT2D eigenvalue weighted by Crippen LogP contribution is -2.53. The summed E-state index contributed by atoms with van der Waals surface area (Å²) in [5, 5.41) is 0.